The smallest absolute Gasteiger partial charge is 0.0992 e. The summed E-state index contributed by atoms with van der Waals surface area (Å²) in [7, 11) is 0. The van der Waals surface area contributed by atoms with Gasteiger partial charge in [-0.25, -0.2) is 4.98 Å². The zero-order chi connectivity index (χ0) is 10.8. The second-order valence-corrected chi connectivity index (χ2v) is 6.28. The third-order valence-corrected chi connectivity index (χ3v) is 4.28. The van der Waals surface area contributed by atoms with Crippen LogP contribution < -0.4 is 5.73 Å². The molecule has 1 unspecified atom stereocenters. The van der Waals surface area contributed by atoms with E-state index in [2.05, 4.69) is 4.98 Å². The molecule has 2 heterocycles. The molecule has 80 valence electrons. The highest BCUT2D eigenvalue weighted by molar-refractivity contribution is 7.20. The van der Waals surface area contributed by atoms with Crippen LogP contribution in [-0.2, 0) is 6.42 Å². The van der Waals surface area contributed by atoms with Crippen molar-refractivity contribution >= 4 is 45.9 Å². The predicted octanol–water partition coefficient (Wildman–Crippen LogP) is 3.75. The van der Waals surface area contributed by atoms with Gasteiger partial charge < -0.3 is 5.73 Å². The van der Waals surface area contributed by atoms with Crippen LogP contribution in [0, 0.1) is 0 Å². The van der Waals surface area contributed by atoms with Gasteiger partial charge in [-0.1, -0.05) is 23.2 Å². The summed E-state index contributed by atoms with van der Waals surface area (Å²) >= 11 is 14.8. The van der Waals surface area contributed by atoms with E-state index in [0.29, 0.717) is 15.1 Å². The van der Waals surface area contributed by atoms with E-state index < -0.39 is 0 Å². The molecule has 0 radical (unpaired) electrons. The molecule has 0 aliphatic carbocycles. The molecule has 6 heteroatoms. The van der Waals surface area contributed by atoms with Crippen molar-refractivity contribution in [1.82, 2.24) is 4.98 Å². The van der Waals surface area contributed by atoms with Gasteiger partial charge in [0.15, 0.2) is 0 Å². The summed E-state index contributed by atoms with van der Waals surface area (Å²) in [4.78, 5) is 4.18. The van der Waals surface area contributed by atoms with Gasteiger partial charge in [0.2, 0.25) is 0 Å². The van der Waals surface area contributed by atoms with E-state index >= 15 is 0 Å². The van der Waals surface area contributed by atoms with Gasteiger partial charge >= 0.3 is 0 Å². The summed E-state index contributed by atoms with van der Waals surface area (Å²) in [5.41, 5.74) is 6.94. The molecule has 0 spiro atoms. The molecule has 1 atom stereocenters. The van der Waals surface area contributed by atoms with Gasteiger partial charge in [-0.2, -0.15) is 0 Å². The van der Waals surface area contributed by atoms with Crippen LogP contribution >= 0.6 is 45.9 Å². The maximum atomic E-state index is 6.03. The molecule has 2 rings (SSSR count). The van der Waals surface area contributed by atoms with Crippen molar-refractivity contribution in [3.63, 3.8) is 0 Å². The topological polar surface area (TPSA) is 38.9 Å². The highest BCUT2D eigenvalue weighted by Crippen LogP contribution is 2.35. The molecule has 2 N–H and O–H groups in total. The first kappa shape index (κ1) is 11.4. The summed E-state index contributed by atoms with van der Waals surface area (Å²) in [6.45, 7) is 0. The Morgan fingerprint density at radius 2 is 2.27 bits per heavy atom. The fourth-order valence-corrected chi connectivity index (χ4v) is 3.53. The minimum atomic E-state index is -0.132. The van der Waals surface area contributed by atoms with E-state index in [1.54, 1.807) is 17.5 Å². The first-order valence-corrected chi connectivity index (χ1v) is 6.70. The Morgan fingerprint density at radius 3 is 2.80 bits per heavy atom. The fraction of sp³-hybridized carbons (Fsp3) is 0.222. The average molecular weight is 279 g/mol. The third kappa shape index (κ3) is 2.71. The lowest BCUT2D eigenvalue weighted by Crippen LogP contribution is -2.12. The van der Waals surface area contributed by atoms with E-state index in [9.17, 15) is 0 Å². The maximum Gasteiger partial charge on any atom is 0.0992 e. The Balaban J connectivity index is 2.14. The lowest BCUT2D eigenvalue weighted by atomic mass is 10.1. The summed E-state index contributed by atoms with van der Waals surface area (Å²) in [5.74, 6) is 0. The van der Waals surface area contributed by atoms with Crippen LogP contribution in [0.4, 0.5) is 0 Å². The van der Waals surface area contributed by atoms with E-state index in [1.165, 1.54) is 11.3 Å². The van der Waals surface area contributed by atoms with Crippen molar-refractivity contribution in [2.45, 2.75) is 12.5 Å². The van der Waals surface area contributed by atoms with Crippen molar-refractivity contribution < 1.29 is 0 Å². The fourth-order valence-electron chi connectivity index (χ4n) is 1.26. The van der Waals surface area contributed by atoms with Gasteiger partial charge in [0.05, 0.1) is 13.7 Å². The number of hydrogen-bond donors (Lipinski definition) is 1. The quantitative estimate of drug-likeness (QED) is 0.929. The maximum absolute atomic E-state index is 6.03. The molecule has 2 nitrogen and oxygen atoms in total. The molecular formula is C9H8Cl2N2S2. The molecule has 2 aromatic rings. The molecule has 0 saturated carbocycles. The van der Waals surface area contributed by atoms with Crippen LogP contribution in [0.2, 0.25) is 8.67 Å². The zero-order valence-corrected chi connectivity index (χ0v) is 10.8. The Hall–Kier alpha value is -0.130. The molecule has 0 aromatic carbocycles. The normalized spacial score (nSPS) is 13.0. The first-order valence-electron chi connectivity index (χ1n) is 4.25. The minimum Gasteiger partial charge on any atom is -0.324 e. The molecule has 0 bridgehead atoms. The molecule has 15 heavy (non-hydrogen) atoms. The zero-order valence-electron chi connectivity index (χ0n) is 7.61. The first-order chi connectivity index (χ1) is 7.16. The number of nitrogens with zero attached hydrogens (tertiary/aromatic N) is 1. The van der Waals surface area contributed by atoms with Gasteiger partial charge in [0.1, 0.15) is 0 Å². The van der Waals surface area contributed by atoms with Crippen molar-refractivity contribution in [2.75, 3.05) is 0 Å². The highest BCUT2D eigenvalue weighted by atomic mass is 35.5. The predicted molar refractivity (Wildman–Crippen MR) is 67.1 cm³/mol. The number of aromatic nitrogens is 1. The third-order valence-electron chi connectivity index (χ3n) is 1.96. The summed E-state index contributed by atoms with van der Waals surface area (Å²) < 4.78 is 1.34. The standard InChI is InChI=1S/C9H8Cl2N2S2/c10-7-3-5(9(11)15-7)6(12)4-8-13-1-2-14-8/h1-3,6H,4,12H2. The van der Waals surface area contributed by atoms with Crippen LogP contribution in [0.1, 0.15) is 16.6 Å². The lowest BCUT2D eigenvalue weighted by Gasteiger charge is -2.07. The van der Waals surface area contributed by atoms with E-state index in [4.69, 9.17) is 28.9 Å². The van der Waals surface area contributed by atoms with E-state index in [1.807, 2.05) is 11.4 Å². The van der Waals surface area contributed by atoms with Crippen molar-refractivity contribution in [2.24, 2.45) is 5.73 Å². The SMILES string of the molecule is NC(Cc1nccs1)c1cc(Cl)sc1Cl. The summed E-state index contributed by atoms with van der Waals surface area (Å²) in [6, 6.07) is 1.69. The van der Waals surface area contributed by atoms with Crippen molar-refractivity contribution in [3.05, 3.63) is 36.9 Å². The molecule has 0 fully saturated rings. The Labute approximate surface area is 106 Å². The number of thiazole rings is 1. The molecule has 0 aliphatic rings. The lowest BCUT2D eigenvalue weighted by molar-refractivity contribution is 0.721. The van der Waals surface area contributed by atoms with Gasteiger partial charge in [-0.3, -0.25) is 0 Å². The highest BCUT2D eigenvalue weighted by Gasteiger charge is 2.15. The summed E-state index contributed by atoms with van der Waals surface area (Å²) in [5, 5.41) is 2.95. The minimum absolute atomic E-state index is 0.132. The second kappa shape index (κ2) is 4.80. The number of hydrogen-bond acceptors (Lipinski definition) is 4. The van der Waals surface area contributed by atoms with Crippen LogP contribution in [0.5, 0.6) is 0 Å². The van der Waals surface area contributed by atoms with Gasteiger partial charge in [0, 0.05) is 29.6 Å². The van der Waals surface area contributed by atoms with E-state index in [-0.39, 0.29) is 6.04 Å². The van der Waals surface area contributed by atoms with E-state index in [0.717, 1.165) is 10.6 Å². The molecule has 2 aromatic heterocycles. The monoisotopic (exact) mass is 278 g/mol. The van der Waals surface area contributed by atoms with Gasteiger partial charge in [-0.05, 0) is 6.07 Å². The van der Waals surface area contributed by atoms with Gasteiger partial charge in [-0.15, -0.1) is 22.7 Å². The van der Waals surface area contributed by atoms with Crippen molar-refractivity contribution in [3.8, 4) is 0 Å². The average Bonchev–Trinajstić information content (AvgIpc) is 2.75. The molecular weight excluding hydrogens is 271 g/mol. The van der Waals surface area contributed by atoms with Crippen LogP contribution in [-0.4, -0.2) is 4.98 Å². The summed E-state index contributed by atoms with van der Waals surface area (Å²) in [6.07, 6.45) is 2.47. The Morgan fingerprint density at radius 1 is 1.47 bits per heavy atom. The number of thiophene rings is 1. The number of rotatable bonds is 3. The van der Waals surface area contributed by atoms with Crippen LogP contribution in [0.25, 0.3) is 0 Å². The molecule has 0 amide bonds. The molecule has 0 aliphatic heterocycles. The molecule has 0 saturated heterocycles. The van der Waals surface area contributed by atoms with Gasteiger partial charge in [0.25, 0.3) is 0 Å². The Kier molecular flexibility index (Phi) is 3.64. The number of halogens is 2. The Bertz CT molecular complexity index is 439. The van der Waals surface area contributed by atoms with Crippen molar-refractivity contribution in [1.29, 1.82) is 0 Å². The second-order valence-electron chi connectivity index (χ2n) is 3.02. The van der Waals surface area contributed by atoms with Crippen LogP contribution in [0.15, 0.2) is 17.6 Å². The number of nitrogens with two attached hydrogens (primary N) is 1. The van der Waals surface area contributed by atoms with Crippen LogP contribution in [0.3, 0.4) is 0 Å². The largest absolute Gasteiger partial charge is 0.324 e.